The van der Waals surface area contributed by atoms with Crippen molar-refractivity contribution in [3.63, 3.8) is 0 Å². The molecule has 1 atom stereocenters. The van der Waals surface area contributed by atoms with Gasteiger partial charge < -0.3 is 15.4 Å². The molecular weight excluding hydrogens is 468 g/mol. The van der Waals surface area contributed by atoms with Crippen molar-refractivity contribution in [3.05, 3.63) is 53.8 Å². The van der Waals surface area contributed by atoms with Gasteiger partial charge in [-0.25, -0.2) is 9.18 Å². The zero-order valence-corrected chi connectivity index (χ0v) is 17.9. The number of carbonyl (C=O) groups excluding carboxylic acids is 2. The lowest BCUT2D eigenvalue weighted by Crippen LogP contribution is -2.45. The second kappa shape index (κ2) is 9.92. The normalized spacial score (nSPS) is 16.5. The molecule has 12 heteroatoms. The molecule has 184 valence electrons. The molecule has 0 aromatic heterocycles. The van der Waals surface area contributed by atoms with Crippen molar-refractivity contribution in [1.29, 1.82) is 0 Å². The SMILES string of the molecule is CC(=O)NCC1CN(c2ccc(-c3ccc(CNCC(F)(F)C(F)(F)F)cc3)c(F)c2)C(=O)O1. The molecule has 2 amide bonds. The van der Waals surface area contributed by atoms with Crippen LogP contribution in [-0.2, 0) is 16.1 Å². The number of hydrogen-bond acceptors (Lipinski definition) is 4. The Morgan fingerprint density at radius 2 is 1.79 bits per heavy atom. The Morgan fingerprint density at radius 1 is 1.12 bits per heavy atom. The lowest BCUT2D eigenvalue weighted by Gasteiger charge is -2.19. The molecule has 1 heterocycles. The fraction of sp³-hybridized carbons (Fsp3) is 0.364. The van der Waals surface area contributed by atoms with Crippen molar-refractivity contribution in [1.82, 2.24) is 10.6 Å². The van der Waals surface area contributed by atoms with Crippen molar-refractivity contribution in [3.8, 4) is 11.1 Å². The highest BCUT2D eigenvalue weighted by molar-refractivity contribution is 5.90. The number of nitrogens with zero attached hydrogens (tertiary/aromatic N) is 1. The van der Waals surface area contributed by atoms with Gasteiger partial charge in [-0.2, -0.15) is 22.0 Å². The van der Waals surface area contributed by atoms with E-state index in [0.29, 0.717) is 11.1 Å². The van der Waals surface area contributed by atoms with Gasteiger partial charge in [0, 0.05) is 19.0 Å². The smallest absolute Gasteiger partial charge is 0.442 e. The summed E-state index contributed by atoms with van der Waals surface area (Å²) < 4.78 is 82.4. The van der Waals surface area contributed by atoms with Crippen LogP contribution in [-0.4, -0.2) is 49.8 Å². The van der Waals surface area contributed by atoms with Crippen LogP contribution in [0.2, 0.25) is 0 Å². The van der Waals surface area contributed by atoms with Gasteiger partial charge in [0.15, 0.2) is 0 Å². The lowest BCUT2D eigenvalue weighted by molar-refractivity contribution is -0.279. The standard InChI is InChI=1S/C22H21F6N3O3/c1-13(32)30-10-17-11-31(20(33)34-17)16-6-7-18(19(23)8-16)15-4-2-14(3-5-15)9-29-12-21(24,25)22(26,27)28/h2-8,17,29H,9-12H2,1H3,(H,30,32). The van der Waals surface area contributed by atoms with E-state index in [1.807, 2.05) is 0 Å². The van der Waals surface area contributed by atoms with Crippen LogP contribution in [0, 0.1) is 5.82 Å². The Balaban J connectivity index is 1.63. The lowest BCUT2D eigenvalue weighted by atomic mass is 10.0. The summed E-state index contributed by atoms with van der Waals surface area (Å²) in [4.78, 5) is 24.3. The molecule has 2 aromatic carbocycles. The van der Waals surface area contributed by atoms with Crippen LogP contribution in [0.4, 0.5) is 36.8 Å². The number of amides is 2. The number of nitrogens with one attached hydrogen (secondary N) is 2. The molecule has 0 radical (unpaired) electrons. The Morgan fingerprint density at radius 3 is 2.38 bits per heavy atom. The Kier molecular flexibility index (Phi) is 7.39. The van der Waals surface area contributed by atoms with Crippen LogP contribution in [0.3, 0.4) is 0 Å². The molecule has 3 rings (SSSR count). The Labute approximate surface area is 190 Å². The molecule has 1 fully saturated rings. The third-order valence-corrected chi connectivity index (χ3v) is 5.07. The number of alkyl halides is 5. The van der Waals surface area contributed by atoms with Gasteiger partial charge in [-0.1, -0.05) is 24.3 Å². The van der Waals surface area contributed by atoms with Gasteiger partial charge in [-0.15, -0.1) is 0 Å². The van der Waals surface area contributed by atoms with Crippen LogP contribution in [0.5, 0.6) is 0 Å². The molecule has 2 N–H and O–H groups in total. The second-order valence-electron chi connectivity index (χ2n) is 7.72. The number of halogens is 6. The molecule has 0 saturated carbocycles. The average molecular weight is 489 g/mol. The predicted molar refractivity (Wildman–Crippen MR) is 111 cm³/mol. The number of benzene rings is 2. The third-order valence-electron chi connectivity index (χ3n) is 5.07. The fourth-order valence-electron chi connectivity index (χ4n) is 3.27. The van der Waals surface area contributed by atoms with Gasteiger partial charge in [0.25, 0.3) is 0 Å². The van der Waals surface area contributed by atoms with Crippen LogP contribution in [0.15, 0.2) is 42.5 Å². The van der Waals surface area contributed by atoms with E-state index in [2.05, 4.69) is 10.6 Å². The minimum Gasteiger partial charge on any atom is -0.442 e. The van der Waals surface area contributed by atoms with E-state index >= 15 is 0 Å². The van der Waals surface area contributed by atoms with Crippen LogP contribution in [0.25, 0.3) is 11.1 Å². The van der Waals surface area contributed by atoms with E-state index in [1.165, 1.54) is 48.2 Å². The summed E-state index contributed by atoms with van der Waals surface area (Å²) in [7, 11) is 0. The van der Waals surface area contributed by atoms with Gasteiger partial charge in [-0.3, -0.25) is 9.69 Å². The summed E-state index contributed by atoms with van der Waals surface area (Å²) in [5, 5.41) is 4.61. The summed E-state index contributed by atoms with van der Waals surface area (Å²) in [6, 6.07) is 10.1. The number of anilines is 1. The van der Waals surface area contributed by atoms with Crippen LogP contribution < -0.4 is 15.5 Å². The highest BCUT2D eigenvalue weighted by atomic mass is 19.4. The quantitative estimate of drug-likeness (QED) is 0.545. The Bertz CT molecular complexity index is 1040. The first kappa shape index (κ1) is 25.3. The van der Waals surface area contributed by atoms with Gasteiger partial charge in [0.1, 0.15) is 11.9 Å². The first-order valence-electron chi connectivity index (χ1n) is 10.1. The largest absolute Gasteiger partial charge is 0.454 e. The summed E-state index contributed by atoms with van der Waals surface area (Å²) in [5.74, 6) is -5.75. The van der Waals surface area contributed by atoms with Gasteiger partial charge in [0.05, 0.1) is 25.3 Å². The maximum atomic E-state index is 14.8. The third kappa shape index (κ3) is 5.99. The van der Waals surface area contributed by atoms with Gasteiger partial charge in [-0.05, 0) is 29.3 Å². The maximum Gasteiger partial charge on any atom is 0.454 e. The molecular formula is C22H21F6N3O3. The number of hydrogen-bond donors (Lipinski definition) is 2. The van der Waals surface area contributed by atoms with Crippen molar-refractivity contribution >= 4 is 17.7 Å². The first-order valence-corrected chi connectivity index (χ1v) is 10.1. The molecule has 1 saturated heterocycles. The van der Waals surface area contributed by atoms with Crippen LogP contribution in [0.1, 0.15) is 12.5 Å². The van der Waals surface area contributed by atoms with E-state index in [-0.39, 0.29) is 36.8 Å². The number of ether oxygens (including phenoxy) is 1. The molecule has 0 spiro atoms. The maximum absolute atomic E-state index is 14.8. The monoisotopic (exact) mass is 489 g/mol. The average Bonchev–Trinajstić information content (AvgIpc) is 3.12. The Hall–Kier alpha value is -3.28. The highest BCUT2D eigenvalue weighted by Crippen LogP contribution is 2.34. The van der Waals surface area contributed by atoms with Crippen molar-refractivity contribution in [2.75, 3.05) is 24.5 Å². The first-order chi connectivity index (χ1) is 15.9. The van der Waals surface area contributed by atoms with E-state index in [9.17, 15) is 35.9 Å². The topological polar surface area (TPSA) is 70.7 Å². The predicted octanol–water partition coefficient (Wildman–Crippen LogP) is 4.24. The fourth-order valence-corrected chi connectivity index (χ4v) is 3.27. The molecule has 1 aliphatic rings. The van der Waals surface area contributed by atoms with Gasteiger partial charge >= 0.3 is 18.2 Å². The zero-order chi connectivity index (χ0) is 25.1. The summed E-state index contributed by atoms with van der Waals surface area (Å²) in [6.07, 6.45) is -6.88. The van der Waals surface area contributed by atoms with Crippen molar-refractivity contribution in [2.24, 2.45) is 0 Å². The molecule has 0 bridgehead atoms. The number of rotatable bonds is 8. The van der Waals surface area contributed by atoms with E-state index in [4.69, 9.17) is 4.74 Å². The summed E-state index contributed by atoms with van der Waals surface area (Å²) >= 11 is 0. The summed E-state index contributed by atoms with van der Waals surface area (Å²) in [6.45, 7) is -0.193. The number of cyclic esters (lactones) is 1. The van der Waals surface area contributed by atoms with E-state index < -0.39 is 36.7 Å². The summed E-state index contributed by atoms with van der Waals surface area (Å²) in [5.41, 5.74) is 1.35. The minimum atomic E-state index is -5.63. The minimum absolute atomic E-state index is 0.132. The molecule has 1 aliphatic heterocycles. The van der Waals surface area contributed by atoms with Gasteiger partial charge in [0.2, 0.25) is 5.91 Å². The van der Waals surface area contributed by atoms with Crippen molar-refractivity contribution in [2.45, 2.75) is 31.7 Å². The molecule has 6 nitrogen and oxygen atoms in total. The van der Waals surface area contributed by atoms with Crippen molar-refractivity contribution < 1.29 is 40.7 Å². The van der Waals surface area contributed by atoms with Crippen LogP contribution >= 0.6 is 0 Å². The molecule has 0 aliphatic carbocycles. The second-order valence-corrected chi connectivity index (χ2v) is 7.72. The number of carbonyl (C=O) groups is 2. The molecule has 34 heavy (non-hydrogen) atoms. The van der Waals surface area contributed by atoms with E-state index in [0.717, 1.165) is 6.07 Å². The van der Waals surface area contributed by atoms with E-state index in [1.54, 1.807) is 0 Å². The molecule has 2 aromatic rings. The molecule has 1 unspecified atom stereocenters. The highest BCUT2D eigenvalue weighted by Gasteiger charge is 2.56. The zero-order valence-electron chi connectivity index (χ0n) is 17.9.